The minimum absolute atomic E-state index is 0.242. The molecule has 1 aliphatic rings. The number of hydrogen-bond donors (Lipinski definition) is 2. The van der Waals surface area contributed by atoms with Crippen molar-refractivity contribution in [2.24, 2.45) is 0 Å². The first-order valence-corrected chi connectivity index (χ1v) is 5.94. The van der Waals surface area contributed by atoms with E-state index in [1.54, 1.807) is 0 Å². The number of nitrogens with one attached hydrogen (secondary N) is 1. The van der Waals surface area contributed by atoms with Gasteiger partial charge in [-0.1, -0.05) is 18.2 Å². The Bertz CT molecular complexity index is 676. The Balaban J connectivity index is 2.19. The fourth-order valence-electron chi connectivity index (χ4n) is 2.68. The second-order valence-corrected chi connectivity index (χ2v) is 4.68. The summed E-state index contributed by atoms with van der Waals surface area (Å²) in [5.41, 5.74) is 2.03. The zero-order valence-electron chi connectivity index (χ0n) is 9.88. The highest BCUT2D eigenvalue weighted by Gasteiger charge is 2.34. The number of hydrogen-bond acceptors (Lipinski definition) is 4. The van der Waals surface area contributed by atoms with Crippen LogP contribution in [0.5, 0.6) is 0 Å². The summed E-state index contributed by atoms with van der Waals surface area (Å²) in [7, 11) is 0. The highest BCUT2D eigenvalue weighted by molar-refractivity contribution is 5.88. The number of nitrogens with two attached hydrogens (primary N) is 1. The third-order valence-electron chi connectivity index (χ3n) is 3.56. The molecule has 6 heteroatoms. The first kappa shape index (κ1) is 11.7. The van der Waals surface area contributed by atoms with Crippen molar-refractivity contribution in [2.75, 3.05) is 0 Å². The number of aliphatic carboxylic acids is 2. The van der Waals surface area contributed by atoms with Gasteiger partial charge in [0.25, 0.3) is 0 Å². The topological polar surface area (TPSA) is 113 Å². The standard InChI is InChI=1S/C13H12N2O4/c16-12(17)9-5-7-6-3-1-2-4-8(6)14-10(7)11(15-9)13(18)19/h1-4,9,11,14-15H,5H2,(H,16,17)(H,18,19)/p-1/t9-,11-/m0/s1. The predicted octanol–water partition coefficient (Wildman–Crippen LogP) is -2.80. The number of carboxylic acids is 2. The van der Waals surface area contributed by atoms with Crippen molar-refractivity contribution in [3.8, 4) is 0 Å². The van der Waals surface area contributed by atoms with Crippen LogP contribution in [0.4, 0.5) is 0 Å². The van der Waals surface area contributed by atoms with Gasteiger partial charge in [0, 0.05) is 17.3 Å². The summed E-state index contributed by atoms with van der Waals surface area (Å²) in [6, 6.07) is 5.38. The molecular formula is C13H11N2O4-. The first-order valence-electron chi connectivity index (χ1n) is 5.94. The minimum atomic E-state index is -1.31. The molecule has 98 valence electrons. The van der Waals surface area contributed by atoms with Gasteiger partial charge in [-0.05, 0) is 11.6 Å². The van der Waals surface area contributed by atoms with Gasteiger partial charge in [-0.15, -0.1) is 0 Å². The Kier molecular flexibility index (Phi) is 2.53. The summed E-state index contributed by atoms with van der Waals surface area (Å²) in [4.78, 5) is 25.3. The van der Waals surface area contributed by atoms with Crippen molar-refractivity contribution < 1.29 is 25.1 Å². The van der Waals surface area contributed by atoms with E-state index in [4.69, 9.17) is 0 Å². The maximum Gasteiger partial charge on any atom is 0.167 e. The molecule has 1 aromatic heterocycles. The molecule has 0 spiro atoms. The number of H-pyrrole nitrogens is 1. The van der Waals surface area contributed by atoms with Crippen LogP contribution >= 0.6 is 0 Å². The SMILES string of the molecule is O=C([O-])[C@@H]1Cc2c([nH]c3ccccc23)[C@@H](C(=O)[O-])[NH2+]1. The zero-order valence-corrected chi connectivity index (χ0v) is 9.88. The van der Waals surface area contributed by atoms with Crippen molar-refractivity contribution in [2.45, 2.75) is 18.5 Å². The van der Waals surface area contributed by atoms with Crippen molar-refractivity contribution in [3.63, 3.8) is 0 Å². The molecule has 1 aromatic carbocycles. The number of quaternary nitrogens is 1. The lowest BCUT2D eigenvalue weighted by atomic mass is 9.94. The lowest BCUT2D eigenvalue weighted by Crippen LogP contribution is -2.97. The smallest absolute Gasteiger partial charge is 0.167 e. The molecule has 2 atom stereocenters. The Hall–Kier alpha value is -2.34. The quantitative estimate of drug-likeness (QED) is 0.606. The van der Waals surface area contributed by atoms with Gasteiger partial charge >= 0.3 is 0 Å². The summed E-state index contributed by atoms with van der Waals surface area (Å²) in [5, 5.41) is 24.3. The normalized spacial score (nSPS) is 22.1. The van der Waals surface area contributed by atoms with E-state index in [-0.39, 0.29) is 6.42 Å². The highest BCUT2D eigenvalue weighted by atomic mass is 16.4. The van der Waals surface area contributed by atoms with Crippen LogP contribution in [0.2, 0.25) is 0 Å². The van der Waals surface area contributed by atoms with Gasteiger partial charge < -0.3 is 30.1 Å². The van der Waals surface area contributed by atoms with Crippen molar-refractivity contribution in [1.29, 1.82) is 0 Å². The molecule has 6 nitrogen and oxygen atoms in total. The number of para-hydroxylation sites is 1. The van der Waals surface area contributed by atoms with E-state index in [1.165, 1.54) is 5.32 Å². The van der Waals surface area contributed by atoms with Crippen LogP contribution in [0.3, 0.4) is 0 Å². The molecule has 0 fully saturated rings. The van der Waals surface area contributed by atoms with E-state index in [0.717, 1.165) is 16.5 Å². The van der Waals surface area contributed by atoms with Gasteiger partial charge in [-0.25, -0.2) is 0 Å². The van der Waals surface area contributed by atoms with Crippen LogP contribution < -0.4 is 15.5 Å². The number of fused-ring (bicyclic) bond motifs is 3. The van der Waals surface area contributed by atoms with Crippen LogP contribution in [0.25, 0.3) is 10.9 Å². The van der Waals surface area contributed by atoms with Crippen LogP contribution in [-0.4, -0.2) is 23.0 Å². The molecule has 0 aliphatic carbocycles. The molecule has 0 radical (unpaired) electrons. The molecule has 0 unspecified atom stereocenters. The molecule has 2 aromatic rings. The molecular weight excluding hydrogens is 248 g/mol. The third-order valence-corrected chi connectivity index (χ3v) is 3.56. The van der Waals surface area contributed by atoms with Crippen molar-refractivity contribution in [1.82, 2.24) is 4.98 Å². The van der Waals surface area contributed by atoms with Crippen LogP contribution in [0.15, 0.2) is 24.3 Å². The average molecular weight is 259 g/mol. The van der Waals surface area contributed by atoms with E-state index in [9.17, 15) is 19.8 Å². The molecule has 3 rings (SSSR count). The summed E-state index contributed by atoms with van der Waals surface area (Å²) < 4.78 is 0. The number of carbonyl (C=O) groups is 2. The minimum Gasteiger partial charge on any atom is -0.544 e. The Morgan fingerprint density at radius 1 is 1.21 bits per heavy atom. The average Bonchev–Trinajstić information content (AvgIpc) is 2.75. The fraction of sp³-hybridized carbons (Fsp3) is 0.231. The second-order valence-electron chi connectivity index (χ2n) is 4.68. The second kappa shape index (κ2) is 4.10. The predicted molar refractivity (Wildman–Crippen MR) is 60.5 cm³/mol. The fourth-order valence-corrected chi connectivity index (χ4v) is 2.68. The molecule has 0 amide bonds. The van der Waals surface area contributed by atoms with Crippen molar-refractivity contribution >= 4 is 22.8 Å². The van der Waals surface area contributed by atoms with Gasteiger partial charge in [0.1, 0.15) is 12.0 Å². The zero-order chi connectivity index (χ0) is 13.6. The Labute approximate surface area is 108 Å². The van der Waals surface area contributed by atoms with E-state index < -0.39 is 24.0 Å². The Morgan fingerprint density at radius 3 is 2.63 bits per heavy atom. The van der Waals surface area contributed by atoms with Gasteiger partial charge in [-0.2, -0.15) is 0 Å². The lowest BCUT2D eigenvalue weighted by molar-refractivity contribution is -0.718. The Morgan fingerprint density at radius 2 is 1.95 bits per heavy atom. The maximum absolute atomic E-state index is 11.2. The highest BCUT2D eigenvalue weighted by Crippen LogP contribution is 2.28. The van der Waals surface area contributed by atoms with E-state index in [2.05, 4.69) is 4.98 Å². The number of rotatable bonds is 2. The summed E-state index contributed by atoms with van der Waals surface area (Å²) in [6.07, 6.45) is 0.242. The van der Waals surface area contributed by atoms with Gasteiger partial charge in [0.05, 0.1) is 11.7 Å². The van der Waals surface area contributed by atoms with Crippen LogP contribution in [0.1, 0.15) is 17.3 Å². The summed E-state index contributed by atoms with van der Waals surface area (Å²) in [5.74, 6) is -2.57. The van der Waals surface area contributed by atoms with Crippen LogP contribution in [0, 0.1) is 0 Å². The number of carboxylic acid groups (broad SMARTS) is 2. The largest absolute Gasteiger partial charge is 0.544 e. The van der Waals surface area contributed by atoms with Crippen molar-refractivity contribution in [3.05, 3.63) is 35.5 Å². The number of benzene rings is 1. The third kappa shape index (κ3) is 1.77. The van der Waals surface area contributed by atoms with E-state index >= 15 is 0 Å². The first-order chi connectivity index (χ1) is 9.08. The molecule has 0 saturated heterocycles. The monoisotopic (exact) mass is 259 g/mol. The number of aromatic nitrogens is 1. The van der Waals surface area contributed by atoms with Crippen LogP contribution in [-0.2, 0) is 16.0 Å². The van der Waals surface area contributed by atoms with Gasteiger partial charge in [0.15, 0.2) is 6.04 Å². The number of carbonyl (C=O) groups excluding carboxylic acids is 2. The molecule has 0 bridgehead atoms. The molecule has 19 heavy (non-hydrogen) atoms. The van der Waals surface area contributed by atoms with Gasteiger partial charge in [0.2, 0.25) is 0 Å². The summed E-state index contributed by atoms with van der Waals surface area (Å²) >= 11 is 0. The van der Waals surface area contributed by atoms with Gasteiger partial charge in [-0.3, -0.25) is 0 Å². The maximum atomic E-state index is 11.2. The molecule has 3 N–H and O–H groups in total. The number of aromatic amines is 1. The van der Waals surface area contributed by atoms with E-state index in [0.29, 0.717) is 5.69 Å². The molecule has 2 heterocycles. The van der Waals surface area contributed by atoms with E-state index in [1.807, 2.05) is 24.3 Å². The molecule has 1 aliphatic heterocycles. The lowest BCUT2D eigenvalue weighted by Gasteiger charge is -2.28. The molecule has 0 saturated carbocycles. The summed E-state index contributed by atoms with van der Waals surface area (Å²) in [6.45, 7) is 0.